The van der Waals surface area contributed by atoms with Gasteiger partial charge in [0.25, 0.3) is 0 Å². The molecule has 0 aliphatic rings. The van der Waals surface area contributed by atoms with Gasteiger partial charge in [0.2, 0.25) is 0 Å². The molecule has 2 heteroatoms. The van der Waals surface area contributed by atoms with Crippen molar-refractivity contribution in [1.82, 2.24) is 0 Å². The van der Waals surface area contributed by atoms with Crippen molar-refractivity contribution in [2.24, 2.45) is 0 Å². The average molecular weight is 328 g/mol. The lowest BCUT2D eigenvalue weighted by Gasteiger charge is -2.10. The number of rotatable bonds is 19. The zero-order valence-electron chi connectivity index (χ0n) is 15.9. The topological polar surface area (TPSA) is 40.1 Å². The molecule has 2 nitrogen and oxygen atoms in total. The summed E-state index contributed by atoms with van der Waals surface area (Å²) in [5.41, 5.74) is 0. The predicted molar refractivity (Wildman–Crippen MR) is 100 cm³/mol. The molecule has 1 atom stereocenters. The van der Waals surface area contributed by atoms with Crippen LogP contribution >= 0.6 is 0 Å². The Labute approximate surface area is 146 Å². The summed E-state index contributed by atoms with van der Waals surface area (Å²) in [4.78, 5) is 0. The lowest BCUT2D eigenvalue weighted by molar-refractivity contribution is 0.146. The smallest absolute Gasteiger partial charge is 0.0822 e. The number of hydrogen-bond acceptors (Lipinski definition) is 1. The summed E-state index contributed by atoms with van der Waals surface area (Å²) in [6.45, 7) is 2.33. The molecule has 0 fully saturated rings. The Morgan fingerprint density at radius 3 is 1.30 bits per heavy atom. The van der Waals surface area contributed by atoms with E-state index in [0.717, 1.165) is 38.5 Å². The van der Waals surface area contributed by atoms with Crippen molar-refractivity contribution in [3.63, 3.8) is 0 Å². The van der Waals surface area contributed by atoms with Gasteiger partial charge in [0.1, 0.15) is 0 Å². The molecule has 0 saturated heterocycles. The van der Waals surface area contributed by atoms with Crippen molar-refractivity contribution in [1.29, 1.82) is 0 Å². The minimum absolute atomic E-state index is 0.0570. The van der Waals surface area contributed by atoms with Crippen LogP contribution < -0.4 is 0 Å². The molecule has 0 rings (SSSR count). The molecule has 0 aromatic rings. The van der Waals surface area contributed by atoms with Crippen LogP contribution in [0.15, 0.2) is 0 Å². The van der Waals surface area contributed by atoms with Crippen molar-refractivity contribution in [2.45, 2.75) is 129 Å². The third-order valence-electron chi connectivity index (χ3n) is 4.82. The van der Waals surface area contributed by atoms with E-state index in [2.05, 4.69) is 6.92 Å². The summed E-state index contributed by atoms with van der Waals surface area (Å²) in [6.07, 6.45) is 22.3. The molecule has 0 aliphatic carbocycles. The molecular formula is C21H43O2. The van der Waals surface area contributed by atoms with E-state index in [1.807, 2.05) is 0 Å². The Hall–Kier alpha value is -0.0800. The highest BCUT2D eigenvalue weighted by molar-refractivity contribution is 4.57. The minimum Gasteiger partial charge on any atom is -0.393 e. The van der Waals surface area contributed by atoms with Crippen molar-refractivity contribution in [3.05, 3.63) is 0 Å². The van der Waals surface area contributed by atoms with Gasteiger partial charge in [-0.15, -0.1) is 0 Å². The number of aliphatic hydroxyl groups excluding tert-OH is 1. The Morgan fingerprint density at radius 1 is 0.565 bits per heavy atom. The van der Waals surface area contributed by atoms with E-state index in [0.29, 0.717) is 0 Å². The second-order valence-corrected chi connectivity index (χ2v) is 7.24. The van der Waals surface area contributed by atoms with Crippen LogP contribution in [0.4, 0.5) is 0 Å². The van der Waals surface area contributed by atoms with E-state index in [9.17, 15) is 10.2 Å². The maximum absolute atomic E-state index is 10.3. The van der Waals surface area contributed by atoms with Crippen molar-refractivity contribution in [2.75, 3.05) is 6.61 Å². The first-order valence-corrected chi connectivity index (χ1v) is 10.6. The van der Waals surface area contributed by atoms with Crippen molar-refractivity contribution < 1.29 is 10.2 Å². The summed E-state index contributed by atoms with van der Waals surface area (Å²) in [5, 5.41) is 20.2. The van der Waals surface area contributed by atoms with Crippen LogP contribution in [0.3, 0.4) is 0 Å². The van der Waals surface area contributed by atoms with Crippen LogP contribution in [0.1, 0.15) is 122 Å². The minimum atomic E-state index is -0.106. The molecule has 1 unspecified atom stereocenters. The second-order valence-electron chi connectivity index (χ2n) is 7.24. The van der Waals surface area contributed by atoms with Crippen molar-refractivity contribution >= 4 is 0 Å². The molecule has 0 amide bonds. The molecule has 0 aromatic heterocycles. The highest BCUT2D eigenvalue weighted by Crippen LogP contribution is 2.14. The fourth-order valence-corrected chi connectivity index (χ4v) is 3.20. The Morgan fingerprint density at radius 2 is 0.913 bits per heavy atom. The zero-order chi connectivity index (χ0) is 17.0. The van der Waals surface area contributed by atoms with E-state index in [4.69, 9.17) is 0 Å². The summed E-state index contributed by atoms with van der Waals surface area (Å²) in [6, 6.07) is 0. The van der Waals surface area contributed by atoms with Crippen LogP contribution in [-0.4, -0.2) is 17.8 Å². The first kappa shape index (κ1) is 22.9. The standard InChI is InChI=1S/C21H43O2/c1-2-3-4-5-6-7-8-9-10-11-12-15-18-21(23)19-16-13-14-17-20-22/h21,23H,2-20H2,1H3. The molecule has 0 saturated carbocycles. The van der Waals surface area contributed by atoms with Gasteiger partial charge in [-0.1, -0.05) is 103 Å². The third kappa shape index (κ3) is 19.9. The summed E-state index contributed by atoms with van der Waals surface area (Å²) < 4.78 is 0. The molecule has 0 bridgehead atoms. The maximum Gasteiger partial charge on any atom is 0.0822 e. The van der Waals surface area contributed by atoms with Gasteiger partial charge in [-0.05, 0) is 19.3 Å². The Balaban J connectivity index is 3.08. The van der Waals surface area contributed by atoms with Gasteiger partial charge >= 0.3 is 0 Å². The molecule has 0 aliphatic heterocycles. The van der Waals surface area contributed by atoms with Crippen LogP contribution in [0, 0.1) is 0 Å². The van der Waals surface area contributed by atoms with Crippen LogP contribution in [0.2, 0.25) is 0 Å². The second kappa shape index (κ2) is 20.0. The molecule has 1 N–H and O–H groups in total. The summed E-state index contributed by atoms with van der Waals surface area (Å²) >= 11 is 0. The van der Waals surface area contributed by atoms with Crippen LogP contribution in [-0.2, 0) is 5.11 Å². The highest BCUT2D eigenvalue weighted by Gasteiger charge is 2.03. The van der Waals surface area contributed by atoms with E-state index in [-0.39, 0.29) is 12.7 Å². The zero-order valence-corrected chi connectivity index (χ0v) is 15.9. The Kier molecular flexibility index (Phi) is 19.9. The molecule has 139 valence electrons. The number of aliphatic hydroxyl groups is 1. The first-order valence-electron chi connectivity index (χ1n) is 10.6. The maximum atomic E-state index is 10.3. The highest BCUT2D eigenvalue weighted by atomic mass is 16.3. The van der Waals surface area contributed by atoms with Gasteiger partial charge < -0.3 is 5.11 Å². The van der Waals surface area contributed by atoms with Crippen molar-refractivity contribution in [3.8, 4) is 0 Å². The lowest BCUT2D eigenvalue weighted by atomic mass is 10.0. The van der Waals surface area contributed by atoms with Gasteiger partial charge in [-0.3, -0.25) is 0 Å². The monoisotopic (exact) mass is 327 g/mol. The molecular weight excluding hydrogens is 284 g/mol. The van der Waals surface area contributed by atoms with Crippen LogP contribution in [0.25, 0.3) is 0 Å². The third-order valence-corrected chi connectivity index (χ3v) is 4.82. The van der Waals surface area contributed by atoms with E-state index >= 15 is 0 Å². The fraction of sp³-hybridized carbons (Fsp3) is 1.00. The molecule has 0 heterocycles. The first-order chi connectivity index (χ1) is 11.3. The predicted octanol–water partition coefficient (Wildman–Crippen LogP) is 6.82. The van der Waals surface area contributed by atoms with Gasteiger partial charge in [-0.2, -0.15) is 0 Å². The summed E-state index contributed by atoms with van der Waals surface area (Å²) in [5.74, 6) is 0. The van der Waals surface area contributed by atoms with Gasteiger partial charge in [-0.25, -0.2) is 5.11 Å². The Bertz CT molecular complexity index is 206. The van der Waals surface area contributed by atoms with E-state index < -0.39 is 0 Å². The largest absolute Gasteiger partial charge is 0.393 e. The molecule has 23 heavy (non-hydrogen) atoms. The quantitative estimate of drug-likeness (QED) is 0.260. The molecule has 1 radical (unpaired) electrons. The summed E-state index contributed by atoms with van der Waals surface area (Å²) in [7, 11) is 0. The van der Waals surface area contributed by atoms with Gasteiger partial charge in [0.05, 0.1) is 12.7 Å². The van der Waals surface area contributed by atoms with Crippen LogP contribution in [0.5, 0.6) is 0 Å². The van der Waals surface area contributed by atoms with Gasteiger partial charge in [0, 0.05) is 0 Å². The lowest BCUT2D eigenvalue weighted by Crippen LogP contribution is -2.05. The molecule has 0 spiro atoms. The van der Waals surface area contributed by atoms with E-state index in [1.165, 1.54) is 77.0 Å². The molecule has 0 aromatic carbocycles. The fourth-order valence-electron chi connectivity index (χ4n) is 3.20. The average Bonchev–Trinajstić information content (AvgIpc) is 2.55. The number of hydrogen-bond donors (Lipinski definition) is 1. The normalized spacial score (nSPS) is 12.7. The van der Waals surface area contributed by atoms with Gasteiger partial charge in [0.15, 0.2) is 0 Å². The number of unbranched alkanes of at least 4 members (excludes halogenated alkanes) is 14. The van der Waals surface area contributed by atoms with E-state index in [1.54, 1.807) is 0 Å². The SMILES string of the molecule is CCCCCCCCCCCCCCC(O)CCCCCC[O].